The number of hydrogen-bond acceptors (Lipinski definition) is 4. The monoisotopic (exact) mass is 358 g/mol. The molecule has 0 aliphatic rings. The summed E-state index contributed by atoms with van der Waals surface area (Å²) in [6, 6.07) is 4.37. The Morgan fingerprint density at radius 2 is 1.92 bits per heavy atom. The van der Waals surface area contributed by atoms with Crippen LogP contribution in [-0.2, 0) is 14.8 Å². The van der Waals surface area contributed by atoms with Gasteiger partial charge in [0.1, 0.15) is 5.75 Å². The minimum absolute atomic E-state index is 0.0834. The van der Waals surface area contributed by atoms with Gasteiger partial charge in [-0.2, -0.15) is 0 Å². The van der Waals surface area contributed by atoms with E-state index in [1.165, 1.54) is 37.1 Å². The number of methoxy groups -OCH3 is 1. The topological polar surface area (TPSA) is 88.9 Å². The minimum Gasteiger partial charge on any atom is -0.495 e. The van der Waals surface area contributed by atoms with E-state index in [2.05, 4.69) is 10.0 Å². The number of benzene rings is 1. The van der Waals surface area contributed by atoms with Crippen LogP contribution in [0.2, 0.25) is 0 Å². The van der Waals surface area contributed by atoms with E-state index in [4.69, 9.17) is 4.74 Å². The number of sulfonamides is 1. The number of nitrogens with one attached hydrogen (secondary N) is 3. The van der Waals surface area contributed by atoms with Crippen molar-refractivity contribution in [2.75, 3.05) is 39.6 Å². The first-order valence-electron chi connectivity index (χ1n) is 7.71. The standard InChI is InChI=1S/C16H27N3O4S/c1-12(20)18-14-9-13(7-8-15(14)23-6)24(21,22)17-10-16(2,3)11-19(4)5/h7-9,17H,10-11H2,1-6H3,(H,18,20)/p+1. The van der Waals surface area contributed by atoms with Crippen LogP contribution in [0, 0.1) is 5.41 Å². The van der Waals surface area contributed by atoms with Crippen molar-refractivity contribution in [3.63, 3.8) is 0 Å². The van der Waals surface area contributed by atoms with Crippen LogP contribution in [0.25, 0.3) is 0 Å². The van der Waals surface area contributed by atoms with Gasteiger partial charge >= 0.3 is 0 Å². The highest BCUT2D eigenvalue weighted by Gasteiger charge is 2.25. The first kappa shape index (κ1) is 20.4. The van der Waals surface area contributed by atoms with Crippen molar-refractivity contribution in [2.24, 2.45) is 5.41 Å². The largest absolute Gasteiger partial charge is 0.495 e. The van der Waals surface area contributed by atoms with Crippen molar-refractivity contribution in [1.29, 1.82) is 0 Å². The van der Waals surface area contributed by atoms with Gasteiger partial charge in [0.15, 0.2) is 0 Å². The highest BCUT2D eigenvalue weighted by molar-refractivity contribution is 7.89. The second kappa shape index (κ2) is 7.96. The van der Waals surface area contributed by atoms with Crippen LogP contribution in [0.1, 0.15) is 20.8 Å². The van der Waals surface area contributed by atoms with Crippen LogP contribution in [0.4, 0.5) is 5.69 Å². The van der Waals surface area contributed by atoms with Gasteiger partial charge in [0.2, 0.25) is 15.9 Å². The summed E-state index contributed by atoms with van der Waals surface area (Å²) in [5.41, 5.74) is 0.142. The summed E-state index contributed by atoms with van der Waals surface area (Å²) in [7, 11) is 1.83. The van der Waals surface area contributed by atoms with Crippen molar-refractivity contribution in [2.45, 2.75) is 25.7 Å². The molecule has 0 bridgehead atoms. The second-order valence-corrected chi connectivity index (χ2v) is 8.68. The lowest BCUT2D eigenvalue weighted by Crippen LogP contribution is -3.07. The summed E-state index contributed by atoms with van der Waals surface area (Å²) in [4.78, 5) is 12.6. The number of amides is 1. The smallest absolute Gasteiger partial charge is 0.240 e. The van der Waals surface area contributed by atoms with Crippen LogP contribution in [0.15, 0.2) is 23.1 Å². The molecule has 0 fully saturated rings. The molecular formula is C16H28N3O4S+. The third-order valence-corrected chi connectivity index (χ3v) is 4.76. The molecule has 0 spiro atoms. The minimum atomic E-state index is -3.68. The molecule has 1 amide bonds. The van der Waals surface area contributed by atoms with E-state index in [0.29, 0.717) is 18.0 Å². The molecule has 3 N–H and O–H groups in total. The first-order valence-corrected chi connectivity index (χ1v) is 9.19. The number of hydrogen-bond donors (Lipinski definition) is 3. The van der Waals surface area contributed by atoms with Gasteiger partial charge in [0.05, 0.1) is 38.3 Å². The maximum atomic E-state index is 12.5. The Bertz CT molecular complexity index is 685. The molecule has 1 rings (SSSR count). The summed E-state index contributed by atoms with van der Waals surface area (Å²) in [5.74, 6) is 0.103. The fourth-order valence-corrected chi connectivity index (χ4v) is 3.80. The quantitative estimate of drug-likeness (QED) is 0.615. The Kier molecular flexibility index (Phi) is 6.76. The van der Waals surface area contributed by atoms with E-state index in [1.54, 1.807) is 0 Å². The van der Waals surface area contributed by atoms with Crippen LogP contribution in [0.5, 0.6) is 5.75 Å². The predicted molar refractivity (Wildman–Crippen MR) is 93.9 cm³/mol. The maximum absolute atomic E-state index is 12.5. The molecule has 136 valence electrons. The summed E-state index contributed by atoms with van der Waals surface area (Å²) in [6.45, 7) is 6.53. The molecule has 0 saturated carbocycles. The number of carbonyl (C=O) groups is 1. The SMILES string of the molecule is COc1ccc(S(=O)(=O)NCC(C)(C)C[NH+](C)C)cc1NC(C)=O. The van der Waals surface area contributed by atoms with Gasteiger partial charge < -0.3 is 15.0 Å². The van der Waals surface area contributed by atoms with Gasteiger partial charge in [-0.3, -0.25) is 4.79 Å². The molecular weight excluding hydrogens is 330 g/mol. The van der Waals surface area contributed by atoms with Gasteiger partial charge in [0.25, 0.3) is 0 Å². The van der Waals surface area contributed by atoms with Crippen LogP contribution >= 0.6 is 0 Å². The van der Waals surface area contributed by atoms with E-state index in [-0.39, 0.29) is 16.2 Å². The lowest BCUT2D eigenvalue weighted by atomic mass is 9.93. The van der Waals surface area contributed by atoms with Crippen LogP contribution in [0.3, 0.4) is 0 Å². The predicted octanol–water partition coefficient (Wildman–Crippen LogP) is 0.103. The zero-order valence-corrected chi connectivity index (χ0v) is 16.0. The summed E-state index contributed by atoms with van der Waals surface area (Å²) < 4.78 is 32.8. The van der Waals surface area contributed by atoms with Crippen molar-refractivity contribution in [3.8, 4) is 5.75 Å². The summed E-state index contributed by atoms with van der Waals surface area (Å²) in [6.07, 6.45) is 0. The van der Waals surface area contributed by atoms with Crippen molar-refractivity contribution >= 4 is 21.6 Å². The number of ether oxygens (including phenoxy) is 1. The molecule has 24 heavy (non-hydrogen) atoms. The normalized spacial score (nSPS) is 12.3. The van der Waals surface area contributed by atoms with Gasteiger partial charge in [-0.25, -0.2) is 13.1 Å². The molecule has 1 aromatic carbocycles. The fourth-order valence-electron chi connectivity index (χ4n) is 2.53. The third-order valence-electron chi connectivity index (χ3n) is 3.36. The molecule has 8 heteroatoms. The molecule has 0 heterocycles. The van der Waals surface area contributed by atoms with Crippen molar-refractivity contribution < 1.29 is 22.8 Å². The second-order valence-electron chi connectivity index (χ2n) is 6.92. The van der Waals surface area contributed by atoms with Gasteiger partial charge in [-0.1, -0.05) is 13.8 Å². The Labute approximate surface area is 144 Å². The van der Waals surface area contributed by atoms with Crippen molar-refractivity contribution in [1.82, 2.24) is 4.72 Å². The zero-order chi connectivity index (χ0) is 18.5. The lowest BCUT2D eigenvalue weighted by Gasteiger charge is -2.26. The molecule has 1 aromatic rings. The highest BCUT2D eigenvalue weighted by Crippen LogP contribution is 2.27. The Hall–Kier alpha value is -1.64. The molecule has 0 unspecified atom stereocenters. The number of rotatable bonds is 8. The number of carbonyl (C=O) groups excluding carboxylic acids is 1. The average Bonchev–Trinajstić information content (AvgIpc) is 2.43. The first-order chi connectivity index (χ1) is 11.0. The molecule has 0 aliphatic carbocycles. The Morgan fingerprint density at radius 3 is 2.42 bits per heavy atom. The van der Waals surface area contributed by atoms with E-state index < -0.39 is 10.0 Å². The van der Waals surface area contributed by atoms with E-state index in [1.807, 2.05) is 27.9 Å². The molecule has 0 aromatic heterocycles. The molecule has 0 radical (unpaired) electrons. The third kappa shape index (κ3) is 6.10. The fraction of sp³-hybridized carbons (Fsp3) is 0.562. The van der Waals surface area contributed by atoms with Crippen molar-refractivity contribution in [3.05, 3.63) is 18.2 Å². The Morgan fingerprint density at radius 1 is 1.29 bits per heavy atom. The van der Waals surface area contributed by atoms with Crippen LogP contribution < -0.4 is 19.7 Å². The number of anilines is 1. The molecule has 0 saturated heterocycles. The lowest BCUT2D eigenvalue weighted by molar-refractivity contribution is -0.865. The molecule has 0 atom stereocenters. The van der Waals surface area contributed by atoms with E-state index in [0.717, 1.165) is 6.54 Å². The highest BCUT2D eigenvalue weighted by atomic mass is 32.2. The average molecular weight is 358 g/mol. The van der Waals surface area contributed by atoms with E-state index in [9.17, 15) is 13.2 Å². The van der Waals surface area contributed by atoms with Gasteiger partial charge in [0, 0.05) is 18.9 Å². The summed E-state index contributed by atoms with van der Waals surface area (Å²) >= 11 is 0. The van der Waals surface area contributed by atoms with Gasteiger partial charge in [-0.05, 0) is 18.2 Å². The summed E-state index contributed by atoms with van der Waals surface area (Å²) in [5, 5.41) is 2.58. The van der Waals surface area contributed by atoms with Gasteiger partial charge in [-0.15, -0.1) is 0 Å². The molecule has 0 aliphatic heterocycles. The Balaban J connectivity index is 3.00. The molecule has 7 nitrogen and oxygen atoms in total. The van der Waals surface area contributed by atoms with E-state index >= 15 is 0 Å². The maximum Gasteiger partial charge on any atom is 0.240 e. The zero-order valence-electron chi connectivity index (χ0n) is 15.2. The number of quaternary nitrogens is 1. The van der Waals surface area contributed by atoms with Crippen LogP contribution in [-0.4, -0.2) is 48.6 Å².